The molecule has 0 saturated carbocycles. The molecule has 0 aliphatic heterocycles. The quantitative estimate of drug-likeness (QED) is 0.396. The van der Waals surface area contributed by atoms with E-state index in [0.717, 1.165) is 50.9 Å². The van der Waals surface area contributed by atoms with Gasteiger partial charge in [-0.2, -0.15) is 0 Å². The first-order chi connectivity index (χ1) is 10.8. The summed E-state index contributed by atoms with van der Waals surface area (Å²) in [6, 6.07) is 9.90. The standard InChI is InChI=1S/C17H29N3O2/c1-4-15(22-16-10-7-6-8-11-16)14-20-17(18-3)19-12-9-13-21-5-2/h6-8,10-11,15H,4-5,9,12-14H2,1-3H3,(H2,18,19,20). The molecular formula is C17H29N3O2. The topological polar surface area (TPSA) is 54.9 Å². The molecule has 0 radical (unpaired) electrons. The van der Waals surface area contributed by atoms with E-state index in [1.165, 1.54) is 0 Å². The van der Waals surface area contributed by atoms with E-state index >= 15 is 0 Å². The van der Waals surface area contributed by atoms with Gasteiger partial charge in [0.15, 0.2) is 5.96 Å². The molecule has 0 aliphatic rings. The van der Waals surface area contributed by atoms with E-state index in [1.54, 1.807) is 7.05 Å². The molecule has 0 fully saturated rings. The summed E-state index contributed by atoms with van der Waals surface area (Å²) in [7, 11) is 1.77. The van der Waals surface area contributed by atoms with Gasteiger partial charge in [-0.1, -0.05) is 25.1 Å². The predicted molar refractivity (Wildman–Crippen MR) is 91.6 cm³/mol. The number of hydrogen-bond acceptors (Lipinski definition) is 3. The third kappa shape index (κ3) is 7.88. The smallest absolute Gasteiger partial charge is 0.191 e. The van der Waals surface area contributed by atoms with E-state index in [-0.39, 0.29) is 6.10 Å². The van der Waals surface area contributed by atoms with Gasteiger partial charge in [-0.15, -0.1) is 0 Å². The van der Waals surface area contributed by atoms with Gasteiger partial charge in [0.1, 0.15) is 11.9 Å². The second kappa shape index (κ2) is 11.9. The zero-order valence-corrected chi connectivity index (χ0v) is 14.0. The molecule has 124 valence electrons. The van der Waals surface area contributed by atoms with Gasteiger partial charge in [-0.05, 0) is 31.9 Å². The van der Waals surface area contributed by atoms with Gasteiger partial charge in [-0.25, -0.2) is 0 Å². The summed E-state index contributed by atoms with van der Waals surface area (Å²) in [6.07, 6.45) is 2.01. The van der Waals surface area contributed by atoms with Crippen LogP contribution in [0.25, 0.3) is 0 Å². The van der Waals surface area contributed by atoms with Crippen molar-refractivity contribution in [3.05, 3.63) is 30.3 Å². The molecule has 1 aromatic rings. The van der Waals surface area contributed by atoms with E-state index in [0.29, 0.717) is 0 Å². The normalized spacial score (nSPS) is 12.8. The summed E-state index contributed by atoms with van der Waals surface area (Å²) in [5.41, 5.74) is 0. The molecule has 0 heterocycles. The van der Waals surface area contributed by atoms with Crippen molar-refractivity contribution in [1.29, 1.82) is 0 Å². The highest BCUT2D eigenvalue weighted by Gasteiger charge is 2.09. The van der Waals surface area contributed by atoms with Crippen LogP contribution in [-0.4, -0.2) is 45.4 Å². The van der Waals surface area contributed by atoms with Crippen molar-refractivity contribution >= 4 is 5.96 Å². The molecular weight excluding hydrogens is 278 g/mol. The van der Waals surface area contributed by atoms with Crippen LogP contribution in [0.1, 0.15) is 26.7 Å². The van der Waals surface area contributed by atoms with Crippen molar-refractivity contribution in [2.24, 2.45) is 4.99 Å². The number of hydrogen-bond donors (Lipinski definition) is 2. The van der Waals surface area contributed by atoms with E-state index in [4.69, 9.17) is 9.47 Å². The molecule has 1 atom stereocenters. The summed E-state index contributed by atoms with van der Waals surface area (Å²) >= 11 is 0. The fourth-order valence-corrected chi connectivity index (χ4v) is 1.92. The van der Waals surface area contributed by atoms with Gasteiger partial charge in [0, 0.05) is 26.8 Å². The molecule has 0 saturated heterocycles. The third-order valence-electron chi connectivity index (χ3n) is 3.18. The highest BCUT2D eigenvalue weighted by atomic mass is 16.5. The highest BCUT2D eigenvalue weighted by molar-refractivity contribution is 5.79. The van der Waals surface area contributed by atoms with Crippen LogP contribution in [0, 0.1) is 0 Å². The van der Waals surface area contributed by atoms with Crippen LogP contribution in [0.5, 0.6) is 5.75 Å². The van der Waals surface area contributed by atoms with Gasteiger partial charge in [0.25, 0.3) is 0 Å². The molecule has 0 aliphatic carbocycles. The summed E-state index contributed by atoms with van der Waals surface area (Å²) in [6.45, 7) is 7.23. The highest BCUT2D eigenvalue weighted by Crippen LogP contribution is 2.11. The first-order valence-electron chi connectivity index (χ1n) is 8.04. The minimum absolute atomic E-state index is 0.115. The Bertz CT molecular complexity index is 410. The van der Waals surface area contributed by atoms with Crippen molar-refractivity contribution in [1.82, 2.24) is 10.6 Å². The van der Waals surface area contributed by atoms with Crippen LogP contribution in [0.15, 0.2) is 35.3 Å². The number of nitrogens with one attached hydrogen (secondary N) is 2. The number of nitrogens with zero attached hydrogens (tertiary/aromatic N) is 1. The molecule has 2 N–H and O–H groups in total. The Morgan fingerprint density at radius 1 is 1.18 bits per heavy atom. The number of rotatable bonds is 10. The van der Waals surface area contributed by atoms with E-state index in [9.17, 15) is 0 Å². The Morgan fingerprint density at radius 3 is 2.59 bits per heavy atom. The molecule has 5 heteroatoms. The average Bonchev–Trinajstić information content (AvgIpc) is 2.57. The number of aliphatic imine (C=N–C) groups is 1. The molecule has 0 aromatic heterocycles. The number of guanidine groups is 1. The van der Waals surface area contributed by atoms with Gasteiger partial charge in [-0.3, -0.25) is 4.99 Å². The zero-order chi connectivity index (χ0) is 16.0. The lowest BCUT2D eigenvalue weighted by molar-refractivity contribution is 0.145. The van der Waals surface area contributed by atoms with Gasteiger partial charge < -0.3 is 20.1 Å². The summed E-state index contributed by atoms with van der Waals surface area (Å²) in [4.78, 5) is 4.22. The number of benzene rings is 1. The van der Waals surface area contributed by atoms with Crippen LogP contribution < -0.4 is 15.4 Å². The Labute approximate surface area is 134 Å². The van der Waals surface area contributed by atoms with E-state index < -0.39 is 0 Å². The molecule has 0 amide bonds. The lowest BCUT2D eigenvalue weighted by Gasteiger charge is -2.20. The Kier molecular flexibility index (Phi) is 9.87. The van der Waals surface area contributed by atoms with Crippen molar-refractivity contribution in [3.63, 3.8) is 0 Å². The summed E-state index contributed by atoms with van der Waals surface area (Å²) < 4.78 is 11.3. The predicted octanol–water partition coefficient (Wildman–Crippen LogP) is 2.44. The van der Waals surface area contributed by atoms with Crippen molar-refractivity contribution in [2.75, 3.05) is 33.4 Å². The van der Waals surface area contributed by atoms with Crippen LogP contribution in [-0.2, 0) is 4.74 Å². The summed E-state index contributed by atoms with van der Waals surface area (Å²) in [5.74, 6) is 1.70. The lowest BCUT2D eigenvalue weighted by Crippen LogP contribution is -2.42. The fourth-order valence-electron chi connectivity index (χ4n) is 1.92. The van der Waals surface area contributed by atoms with Crippen LogP contribution >= 0.6 is 0 Å². The van der Waals surface area contributed by atoms with Gasteiger partial charge in [0.2, 0.25) is 0 Å². The second-order valence-corrected chi connectivity index (χ2v) is 4.89. The molecule has 1 aromatic carbocycles. The third-order valence-corrected chi connectivity index (χ3v) is 3.18. The molecule has 1 unspecified atom stereocenters. The van der Waals surface area contributed by atoms with Crippen molar-refractivity contribution in [2.45, 2.75) is 32.8 Å². The maximum Gasteiger partial charge on any atom is 0.191 e. The average molecular weight is 307 g/mol. The first kappa shape index (κ1) is 18.3. The maximum absolute atomic E-state index is 5.95. The Morgan fingerprint density at radius 2 is 1.95 bits per heavy atom. The van der Waals surface area contributed by atoms with Crippen molar-refractivity contribution < 1.29 is 9.47 Å². The SMILES string of the molecule is CCOCCCNC(=NC)NCC(CC)Oc1ccccc1. The Hall–Kier alpha value is -1.75. The minimum Gasteiger partial charge on any atom is -0.489 e. The molecule has 0 bridgehead atoms. The number of para-hydroxylation sites is 1. The maximum atomic E-state index is 5.95. The zero-order valence-electron chi connectivity index (χ0n) is 14.0. The lowest BCUT2D eigenvalue weighted by atomic mass is 10.2. The fraction of sp³-hybridized carbons (Fsp3) is 0.588. The van der Waals surface area contributed by atoms with Gasteiger partial charge >= 0.3 is 0 Å². The van der Waals surface area contributed by atoms with Crippen LogP contribution in [0.3, 0.4) is 0 Å². The van der Waals surface area contributed by atoms with E-state index in [1.807, 2.05) is 37.3 Å². The summed E-state index contributed by atoms with van der Waals surface area (Å²) in [5, 5.41) is 6.58. The Balaban J connectivity index is 2.28. The molecule has 5 nitrogen and oxygen atoms in total. The minimum atomic E-state index is 0.115. The van der Waals surface area contributed by atoms with E-state index in [2.05, 4.69) is 22.5 Å². The second-order valence-electron chi connectivity index (χ2n) is 4.89. The van der Waals surface area contributed by atoms with Crippen LogP contribution in [0.4, 0.5) is 0 Å². The molecule has 0 spiro atoms. The van der Waals surface area contributed by atoms with Crippen molar-refractivity contribution in [3.8, 4) is 5.75 Å². The largest absolute Gasteiger partial charge is 0.489 e. The van der Waals surface area contributed by atoms with Gasteiger partial charge in [0.05, 0.1) is 6.54 Å². The molecule has 22 heavy (non-hydrogen) atoms. The number of ether oxygens (including phenoxy) is 2. The monoisotopic (exact) mass is 307 g/mol. The molecule has 1 rings (SSSR count). The van der Waals surface area contributed by atoms with Crippen LogP contribution in [0.2, 0.25) is 0 Å². The first-order valence-corrected chi connectivity index (χ1v) is 8.04.